The number of H-pyrrole nitrogens is 2. The Bertz CT molecular complexity index is 1500. The van der Waals surface area contributed by atoms with Gasteiger partial charge >= 0.3 is 0 Å². The normalized spacial score (nSPS) is 11.3. The van der Waals surface area contributed by atoms with Crippen LogP contribution in [0.4, 0.5) is 0 Å². The number of hydrogen-bond acceptors (Lipinski definition) is 2. The molecule has 2 N–H and O–H groups in total. The molecule has 0 spiro atoms. The third-order valence-corrected chi connectivity index (χ3v) is 5.31. The van der Waals surface area contributed by atoms with Crippen LogP contribution in [0.15, 0.2) is 64.2 Å². The molecule has 0 saturated heterocycles. The summed E-state index contributed by atoms with van der Waals surface area (Å²) in [6, 6.07) is 17.0. The summed E-state index contributed by atoms with van der Waals surface area (Å²) >= 11 is 4.24. The second kappa shape index (κ2) is 8.06. The zero-order valence-corrected chi connectivity index (χ0v) is 20.2. The van der Waals surface area contributed by atoms with Crippen molar-refractivity contribution in [1.82, 2.24) is 9.97 Å². The molecule has 0 aliphatic carbocycles. The summed E-state index contributed by atoms with van der Waals surface area (Å²) in [6.07, 6.45) is 0. The molecule has 3 aromatic carbocycles. The van der Waals surface area contributed by atoms with Crippen LogP contribution in [0.3, 0.4) is 0 Å². The van der Waals surface area contributed by atoms with Gasteiger partial charge < -0.3 is 9.97 Å². The van der Waals surface area contributed by atoms with Gasteiger partial charge in [-0.2, -0.15) is 0 Å². The molecular weight excluding hydrogens is 590 g/mol. The maximum Gasteiger partial charge on any atom is 0.197 e. The Morgan fingerprint density at radius 3 is 1.79 bits per heavy atom. The molecule has 0 atom stereocenters. The maximum atomic E-state index is 13.1. The molecule has 5 rings (SSSR count). The van der Waals surface area contributed by atoms with Crippen LogP contribution in [0.25, 0.3) is 43.6 Å². The molecular formula is C23H18I2N2O2. The average molecular weight is 608 g/mol. The highest BCUT2D eigenvalue weighted by Crippen LogP contribution is 2.23. The minimum atomic E-state index is -0.0302. The van der Waals surface area contributed by atoms with Crippen LogP contribution in [-0.4, -0.2) is 9.97 Å². The third-order valence-electron chi connectivity index (χ3n) is 5.31. The molecule has 0 fully saturated rings. The Labute approximate surface area is 190 Å². The predicted molar refractivity (Wildman–Crippen MR) is 140 cm³/mol. The van der Waals surface area contributed by atoms with E-state index >= 15 is 0 Å². The van der Waals surface area contributed by atoms with Gasteiger partial charge in [-0.1, -0.05) is 32.0 Å². The summed E-state index contributed by atoms with van der Waals surface area (Å²) in [4.78, 5) is 32.7. The van der Waals surface area contributed by atoms with Gasteiger partial charge in [0.15, 0.2) is 10.9 Å². The van der Waals surface area contributed by atoms with Crippen LogP contribution in [0.1, 0.15) is 25.3 Å². The second-order valence-electron chi connectivity index (χ2n) is 7.36. The number of aromatic amines is 2. The van der Waals surface area contributed by atoms with Gasteiger partial charge in [-0.15, -0.1) is 0 Å². The molecule has 0 radical (unpaired) electrons. The molecule has 29 heavy (non-hydrogen) atoms. The van der Waals surface area contributed by atoms with Crippen LogP contribution >= 0.6 is 37.2 Å². The lowest BCUT2D eigenvalue weighted by Gasteiger charge is -2.09. The van der Waals surface area contributed by atoms with E-state index in [-0.39, 0.29) is 10.9 Å². The first-order valence-corrected chi connectivity index (χ1v) is 15.5. The molecule has 0 aliphatic heterocycles. The van der Waals surface area contributed by atoms with Gasteiger partial charge in [0.25, 0.3) is 0 Å². The van der Waals surface area contributed by atoms with E-state index in [2.05, 4.69) is 61.0 Å². The van der Waals surface area contributed by atoms with Gasteiger partial charge in [0.05, 0.1) is 11.0 Å². The van der Waals surface area contributed by atoms with Crippen molar-refractivity contribution in [2.75, 3.05) is 0 Å². The van der Waals surface area contributed by atoms with E-state index in [1.165, 1.54) is 0 Å². The Kier molecular flexibility index (Phi) is 5.65. The topological polar surface area (TPSA) is 65.7 Å². The standard InChI is InChI=1S/C23H18N2O2.I2/c1-12(2)13-7-8-19-15(9-13)23(27)17-11-20-16(10-21(17)25-19)22(26)14-5-3-4-6-18(14)24-20;1-2/h3-12H,1-2H3,(H,24,26)(H,25,27);. The number of benzene rings is 3. The zero-order chi connectivity index (χ0) is 20.7. The van der Waals surface area contributed by atoms with Crippen molar-refractivity contribution in [3.63, 3.8) is 0 Å². The van der Waals surface area contributed by atoms with Crippen molar-refractivity contribution < 1.29 is 0 Å². The number of hydrogen-bond donors (Lipinski definition) is 2. The number of nitrogens with one attached hydrogen (secondary N) is 2. The van der Waals surface area contributed by atoms with E-state index in [1.807, 2.05) is 42.5 Å². The predicted octanol–water partition coefficient (Wildman–Crippen LogP) is 6.57. The summed E-state index contributed by atoms with van der Waals surface area (Å²) in [5.74, 6) is 0.351. The SMILES string of the molecule is CC(C)c1ccc2[nH]c3cc4c(=O)c5ccccc5[nH]c4cc3c(=O)c2c1.II. The first kappa shape index (κ1) is 20.3. The molecule has 0 aliphatic rings. The number of rotatable bonds is 1. The lowest BCUT2D eigenvalue weighted by molar-refractivity contribution is 0.868. The lowest BCUT2D eigenvalue weighted by atomic mass is 9.99. The third kappa shape index (κ3) is 3.46. The Hall–Kier alpha value is -1.94. The van der Waals surface area contributed by atoms with Crippen molar-refractivity contribution in [3.8, 4) is 0 Å². The highest BCUT2D eigenvalue weighted by molar-refractivity contribution is 15.0. The quantitative estimate of drug-likeness (QED) is 0.167. The van der Waals surface area contributed by atoms with Crippen LogP contribution in [-0.2, 0) is 0 Å². The molecule has 146 valence electrons. The van der Waals surface area contributed by atoms with Gasteiger partial charge in [-0.25, -0.2) is 0 Å². The van der Waals surface area contributed by atoms with Gasteiger partial charge in [-0.05, 0) is 47.9 Å². The molecule has 0 bridgehead atoms. The van der Waals surface area contributed by atoms with Gasteiger partial charge in [0.1, 0.15) is 0 Å². The number of aromatic nitrogens is 2. The number of halogens is 2. The van der Waals surface area contributed by atoms with Gasteiger partial charge in [0, 0.05) is 69.8 Å². The fraction of sp³-hybridized carbons (Fsp3) is 0.130. The molecule has 2 heterocycles. The van der Waals surface area contributed by atoms with Crippen molar-refractivity contribution in [3.05, 3.63) is 80.6 Å². The van der Waals surface area contributed by atoms with Gasteiger partial charge in [-0.3, -0.25) is 9.59 Å². The summed E-state index contributed by atoms with van der Waals surface area (Å²) < 4.78 is 0. The van der Waals surface area contributed by atoms with Crippen LogP contribution in [0.5, 0.6) is 0 Å². The molecule has 0 saturated carbocycles. The van der Waals surface area contributed by atoms with Crippen molar-refractivity contribution in [1.29, 1.82) is 0 Å². The minimum Gasteiger partial charge on any atom is -0.354 e. The summed E-state index contributed by atoms with van der Waals surface area (Å²) in [7, 11) is 0. The largest absolute Gasteiger partial charge is 0.354 e. The van der Waals surface area contributed by atoms with E-state index in [0.29, 0.717) is 38.5 Å². The average Bonchev–Trinajstić information content (AvgIpc) is 2.75. The molecule has 4 nitrogen and oxygen atoms in total. The van der Waals surface area contributed by atoms with Crippen molar-refractivity contribution in [2.24, 2.45) is 0 Å². The first-order valence-electron chi connectivity index (χ1n) is 9.21. The molecule has 0 unspecified atom stereocenters. The maximum absolute atomic E-state index is 13.1. The second-order valence-corrected chi connectivity index (χ2v) is 7.36. The van der Waals surface area contributed by atoms with E-state index < -0.39 is 0 Å². The Balaban J connectivity index is 0.000000994. The molecule has 2 aromatic heterocycles. The highest BCUT2D eigenvalue weighted by atomic mass is 128. The smallest absolute Gasteiger partial charge is 0.197 e. The molecule has 6 heteroatoms. The lowest BCUT2D eigenvalue weighted by Crippen LogP contribution is -2.08. The van der Waals surface area contributed by atoms with Crippen LogP contribution in [0.2, 0.25) is 0 Å². The van der Waals surface area contributed by atoms with Crippen molar-refractivity contribution in [2.45, 2.75) is 19.8 Å². The van der Waals surface area contributed by atoms with Crippen LogP contribution < -0.4 is 10.9 Å². The summed E-state index contributed by atoms with van der Waals surface area (Å²) in [5, 5.41) is 2.49. The molecule has 0 amide bonds. The van der Waals surface area contributed by atoms with E-state index in [1.54, 1.807) is 12.1 Å². The van der Waals surface area contributed by atoms with Gasteiger partial charge in [0.2, 0.25) is 0 Å². The van der Waals surface area contributed by atoms with Crippen molar-refractivity contribution >= 4 is 80.8 Å². The number of para-hydroxylation sites is 1. The summed E-state index contributed by atoms with van der Waals surface area (Å²) in [6.45, 7) is 4.22. The fourth-order valence-electron chi connectivity index (χ4n) is 3.77. The minimum absolute atomic E-state index is 0.0165. The fourth-order valence-corrected chi connectivity index (χ4v) is 3.77. The Morgan fingerprint density at radius 2 is 1.17 bits per heavy atom. The molecule has 5 aromatic rings. The van der Waals surface area contributed by atoms with E-state index in [9.17, 15) is 9.59 Å². The van der Waals surface area contributed by atoms with E-state index in [4.69, 9.17) is 0 Å². The summed E-state index contributed by atoms with van der Waals surface area (Å²) in [5.41, 5.74) is 4.00. The monoisotopic (exact) mass is 608 g/mol. The zero-order valence-electron chi connectivity index (χ0n) is 15.8. The van der Waals surface area contributed by atoms with E-state index in [0.717, 1.165) is 16.6 Å². The Morgan fingerprint density at radius 1 is 0.655 bits per heavy atom. The first-order chi connectivity index (χ1) is 14.0. The number of pyridine rings is 2. The highest BCUT2D eigenvalue weighted by Gasteiger charge is 2.11. The number of fused-ring (bicyclic) bond motifs is 4. The van der Waals surface area contributed by atoms with Crippen LogP contribution in [0, 0.1) is 0 Å².